The molecule has 0 aromatic heterocycles. The van der Waals surface area contributed by atoms with Crippen LogP contribution in [-0.4, -0.2) is 0 Å². The van der Waals surface area contributed by atoms with Crippen molar-refractivity contribution in [3.8, 4) is 0 Å². The molecular formula is C14H30. The van der Waals surface area contributed by atoms with E-state index in [-0.39, 0.29) is 0 Å². The van der Waals surface area contributed by atoms with E-state index in [9.17, 15) is 0 Å². The summed E-state index contributed by atoms with van der Waals surface area (Å²) in [5, 5.41) is 0. The average molecular weight is 198 g/mol. The fourth-order valence-electron chi connectivity index (χ4n) is 3.04. The Morgan fingerprint density at radius 2 is 1.36 bits per heavy atom. The van der Waals surface area contributed by atoms with Crippen molar-refractivity contribution >= 4 is 0 Å². The summed E-state index contributed by atoms with van der Waals surface area (Å²) >= 11 is 0. The first-order valence-electron chi connectivity index (χ1n) is 6.73. The predicted molar refractivity (Wildman–Crippen MR) is 66.6 cm³/mol. The van der Waals surface area contributed by atoms with Crippen LogP contribution in [-0.2, 0) is 0 Å². The van der Waals surface area contributed by atoms with E-state index >= 15 is 0 Å². The topological polar surface area (TPSA) is 0 Å². The van der Waals surface area contributed by atoms with Crippen LogP contribution >= 0.6 is 0 Å². The molecule has 0 N–H and O–H groups in total. The van der Waals surface area contributed by atoms with Crippen LogP contribution in [0.15, 0.2) is 0 Å². The minimum Gasteiger partial charge on any atom is -0.0683 e. The van der Waals surface area contributed by atoms with Crippen molar-refractivity contribution in [2.75, 3.05) is 0 Å². The van der Waals surface area contributed by atoms with Gasteiger partial charge in [0.05, 0.1) is 0 Å². The zero-order valence-electron chi connectivity index (χ0n) is 11.0. The predicted octanol–water partition coefficient (Wildman–Crippen LogP) is 5.42. The number of hydrogen-bond acceptors (Lipinski definition) is 0. The Bertz CT molecular complexity index is 116. The first-order chi connectivity index (χ1) is 6.73. The minimum absolute atomic E-state index is 0.696. The van der Waals surface area contributed by atoms with Gasteiger partial charge in [0, 0.05) is 0 Å². The molecule has 0 unspecified atom stereocenters. The Hall–Kier alpha value is 0. The lowest BCUT2D eigenvalue weighted by Gasteiger charge is -2.40. The van der Waals surface area contributed by atoms with Crippen LogP contribution < -0.4 is 0 Å². The Labute approximate surface area is 91.5 Å². The average Bonchev–Trinajstić information content (AvgIpc) is 2.23. The smallest absolute Gasteiger partial charge is 0.0298 e. The van der Waals surface area contributed by atoms with Crippen LogP contribution in [0, 0.1) is 11.3 Å². The lowest BCUT2D eigenvalue weighted by molar-refractivity contribution is 0.111. The maximum Gasteiger partial charge on any atom is -0.0298 e. The second-order valence-corrected chi connectivity index (χ2v) is 4.73. The Morgan fingerprint density at radius 3 is 1.71 bits per heavy atom. The van der Waals surface area contributed by atoms with E-state index in [1.165, 1.54) is 44.9 Å². The van der Waals surface area contributed by atoms with Crippen LogP contribution in [0.5, 0.6) is 0 Å². The molecule has 0 aliphatic heterocycles. The van der Waals surface area contributed by atoms with Gasteiger partial charge in [-0.15, -0.1) is 0 Å². The second kappa shape index (κ2) is 7.31. The zero-order valence-corrected chi connectivity index (χ0v) is 11.0. The van der Waals surface area contributed by atoms with Crippen LogP contribution in [0.2, 0.25) is 0 Å². The van der Waals surface area contributed by atoms with Gasteiger partial charge in [0.2, 0.25) is 0 Å². The molecule has 0 aromatic rings. The van der Waals surface area contributed by atoms with Crippen molar-refractivity contribution in [1.82, 2.24) is 0 Å². The summed E-state index contributed by atoms with van der Waals surface area (Å²) in [6.45, 7) is 11.2. The fourth-order valence-corrected chi connectivity index (χ4v) is 3.04. The molecule has 0 aromatic carbocycles. The summed E-state index contributed by atoms with van der Waals surface area (Å²) in [5.41, 5.74) is 0.696. The zero-order chi connectivity index (χ0) is 11.0. The van der Waals surface area contributed by atoms with E-state index in [1.54, 1.807) is 0 Å². The van der Waals surface area contributed by atoms with Gasteiger partial charge in [-0.25, -0.2) is 0 Å². The molecule has 0 atom stereocenters. The van der Waals surface area contributed by atoms with Gasteiger partial charge < -0.3 is 0 Å². The van der Waals surface area contributed by atoms with Crippen molar-refractivity contribution in [1.29, 1.82) is 0 Å². The van der Waals surface area contributed by atoms with Gasteiger partial charge in [-0.3, -0.25) is 0 Å². The molecule has 1 aliphatic rings. The first-order valence-corrected chi connectivity index (χ1v) is 6.73. The molecule has 0 saturated heterocycles. The molecule has 0 radical (unpaired) electrons. The van der Waals surface area contributed by atoms with Gasteiger partial charge in [-0.2, -0.15) is 0 Å². The SMILES string of the molecule is CC.CCC(CC)C1(C)CCCCC1. The molecule has 1 fully saturated rings. The molecule has 86 valence electrons. The molecule has 0 heterocycles. The highest BCUT2D eigenvalue weighted by Crippen LogP contribution is 2.44. The minimum atomic E-state index is 0.696. The van der Waals surface area contributed by atoms with Crippen LogP contribution in [0.3, 0.4) is 0 Å². The Morgan fingerprint density at radius 1 is 0.929 bits per heavy atom. The van der Waals surface area contributed by atoms with E-state index in [1.807, 2.05) is 13.8 Å². The van der Waals surface area contributed by atoms with Crippen LogP contribution in [0.1, 0.15) is 79.6 Å². The standard InChI is InChI=1S/C12H24.C2H6/c1-4-11(5-2)12(3)9-7-6-8-10-12;1-2/h11H,4-10H2,1-3H3;1-2H3. The van der Waals surface area contributed by atoms with Crippen LogP contribution in [0.4, 0.5) is 0 Å². The fraction of sp³-hybridized carbons (Fsp3) is 1.00. The molecule has 0 bridgehead atoms. The summed E-state index contributed by atoms with van der Waals surface area (Å²) in [4.78, 5) is 0. The van der Waals surface area contributed by atoms with E-state index in [4.69, 9.17) is 0 Å². The van der Waals surface area contributed by atoms with Crippen molar-refractivity contribution in [3.05, 3.63) is 0 Å². The third kappa shape index (κ3) is 3.63. The molecule has 1 saturated carbocycles. The van der Waals surface area contributed by atoms with Gasteiger partial charge in [0.25, 0.3) is 0 Å². The third-order valence-electron chi connectivity index (χ3n) is 3.97. The van der Waals surface area contributed by atoms with Crippen molar-refractivity contribution in [2.45, 2.75) is 79.6 Å². The van der Waals surface area contributed by atoms with Crippen molar-refractivity contribution < 1.29 is 0 Å². The van der Waals surface area contributed by atoms with Gasteiger partial charge in [-0.1, -0.05) is 66.7 Å². The highest BCUT2D eigenvalue weighted by molar-refractivity contribution is 4.83. The lowest BCUT2D eigenvalue weighted by atomic mass is 9.65. The van der Waals surface area contributed by atoms with E-state index in [0.29, 0.717) is 5.41 Å². The molecular weight excluding hydrogens is 168 g/mol. The van der Waals surface area contributed by atoms with Gasteiger partial charge in [-0.05, 0) is 24.2 Å². The molecule has 0 spiro atoms. The number of hydrogen-bond donors (Lipinski definition) is 0. The lowest BCUT2D eigenvalue weighted by Crippen LogP contribution is -2.29. The van der Waals surface area contributed by atoms with E-state index in [2.05, 4.69) is 20.8 Å². The van der Waals surface area contributed by atoms with E-state index in [0.717, 1.165) is 5.92 Å². The van der Waals surface area contributed by atoms with E-state index < -0.39 is 0 Å². The Balaban J connectivity index is 0.000000791. The molecule has 0 amide bonds. The highest BCUT2D eigenvalue weighted by Gasteiger charge is 2.32. The normalized spacial score (nSPS) is 20.1. The number of rotatable bonds is 3. The quantitative estimate of drug-likeness (QED) is 0.568. The summed E-state index contributed by atoms with van der Waals surface area (Å²) in [5.74, 6) is 0.984. The Kier molecular flexibility index (Phi) is 7.31. The second-order valence-electron chi connectivity index (χ2n) is 4.73. The van der Waals surface area contributed by atoms with Gasteiger partial charge >= 0.3 is 0 Å². The highest BCUT2D eigenvalue weighted by atomic mass is 14.4. The molecule has 14 heavy (non-hydrogen) atoms. The third-order valence-corrected chi connectivity index (χ3v) is 3.97. The van der Waals surface area contributed by atoms with Crippen LogP contribution in [0.25, 0.3) is 0 Å². The molecule has 1 aliphatic carbocycles. The monoisotopic (exact) mass is 198 g/mol. The van der Waals surface area contributed by atoms with Gasteiger partial charge in [0.15, 0.2) is 0 Å². The molecule has 0 heteroatoms. The maximum atomic E-state index is 2.52. The largest absolute Gasteiger partial charge is 0.0683 e. The summed E-state index contributed by atoms with van der Waals surface area (Å²) in [6.07, 6.45) is 10.2. The summed E-state index contributed by atoms with van der Waals surface area (Å²) in [7, 11) is 0. The maximum absolute atomic E-state index is 2.52. The summed E-state index contributed by atoms with van der Waals surface area (Å²) in [6, 6.07) is 0. The summed E-state index contributed by atoms with van der Waals surface area (Å²) < 4.78 is 0. The molecule has 1 rings (SSSR count). The van der Waals surface area contributed by atoms with Gasteiger partial charge in [0.1, 0.15) is 0 Å². The molecule has 0 nitrogen and oxygen atoms in total. The van der Waals surface area contributed by atoms with Crippen molar-refractivity contribution in [3.63, 3.8) is 0 Å². The first kappa shape index (κ1) is 14.0. The van der Waals surface area contributed by atoms with Crippen molar-refractivity contribution in [2.24, 2.45) is 11.3 Å².